The van der Waals surface area contributed by atoms with Gasteiger partial charge in [-0.1, -0.05) is 18.2 Å². The largest absolute Gasteiger partial charge is 0.507 e. The third-order valence-corrected chi connectivity index (χ3v) is 4.79. The van der Waals surface area contributed by atoms with Crippen molar-refractivity contribution >= 4 is 34.5 Å². The van der Waals surface area contributed by atoms with Gasteiger partial charge in [-0.05, 0) is 46.4 Å². The van der Waals surface area contributed by atoms with E-state index in [1.165, 1.54) is 18.2 Å². The van der Waals surface area contributed by atoms with Gasteiger partial charge in [-0.2, -0.15) is 0 Å². The highest BCUT2D eigenvalue weighted by molar-refractivity contribution is 14.1. The highest BCUT2D eigenvalue weighted by Gasteiger charge is 2.18. The van der Waals surface area contributed by atoms with E-state index in [0.29, 0.717) is 26.4 Å². The predicted molar refractivity (Wildman–Crippen MR) is 127 cm³/mol. The number of rotatable bonds is 15. The SMILES string of the molecule is COCCOCOc1cc(O)c(C(=O)/C=C/c2ccc(I)cc2)c(OCOCCOC)c1. The number of benzene rings is 2. The van der Waals surface area contributed by atoms with E-state index < -0.39 is 5.78 Å². The molecule has 0 aliphatic carbocycles. The van der Waals surface area contributed by atoms with Gasteiger partial charge in [0.15, 0.2) is 19.4 Å². The Hall–Kier alpha value is -2.18. The molecule has 0 radical (unpaired) electrons. The molecule has 8 nitrogen and oxygen atoms in total. The topological polar surface area (TPSA) is 92.7 Å². The van der Waals surface area contributed by atoms with E-state index >= 15 is 0 Å². The highest BCUT2D eigenvalue weighted by atomic mass is 127. The summed E-state index contributed by atoms with van der Waals surface area (Å²) in [5.74, 6) is -0.282. The lowest BCUT2D eigenvalue weighted by molar-refractivity contribution is -0.0119. The molecule has 0 bridgehead atoms. The summed E-state index contributed by atoms with van der Waals surface area (Å²) in [5.41, 5.74) is 0.867. The van der Waals surface area contributed by atoms with Crippen LogP contribution in [0.15, 0.2) is 42.5 Å². The van der Waals surface area contributed by atoms with Gasteiger partial charge in [-0.25, -0.2) is 0 Å². The lowest BCUT2D eigenvalue weighted by Gasteiger charge is -2.14. The molecular formula is C23H27IO8. The van der Waals surface area contributed by atoms with Crippen molar-refractivity contribution in [3.05, 3.63) is 57.2 Å². The first kappa shape index (κ1) is 26.1. The summed E-state index contributed by atoms with van der Waals surface area (Å²) < 4.78 is 32.6. The molecule has 1 N–H and O–H groups in total. The Morgan fingerprint density at radius 2 is 1.56 bits per heavy atom. The molecule has 2 rings (SSSR count). The lowest BCUT2D eigenvalue weighted by Crippen LogP contribution is -2.11. The Labute approximate surface area is 201 Å². The molecular weight excluding hydrogens is 531 g/mol. The summed E-state index contributed by atoms with van der Waals surface area (Å²) in [7, 11) is 3.14. The number of carbonyl (C=O) groups excluding carboxylic acids is 1. The number of hydrogen-bond donors (Lipinski definition) is 1. The Morgan fingerprint density at radius 1 is 0.938 bits per heavy atom. The third kappa shape index (κ3) is 9.13. The van der Waals surface area contributed by atoms with Crippen LogP contribution in [0.4, 0.5) is 0 Å². The zero-order valence-corrected chi connectivity index (χ0v) is 20.2. The molecule has 9 heteroatoms. The van der Waals surface area contributed by atoms with Gasteiger partial charge >= 0.3 is 0 Å². The minimum Gasteiger partial charge on any atom is -0.507 e. The summed E-state index contributed by atoms with van der Waals surface area (Å²) in [6.45, 7) is 1.34. The van der Waals surface area contributed by atoms with E-state index in [4.69, 9.17) is 28.4 Å². The van der Waals surface area contributed by atoms with E-state index in [0.717, 1.165) is 9.13 Å². The van der Waals surface area contributed by atoms with Gasteiger partial charge < -0.3 is 33.5 Å². The number of phenolic OH excluding ortho intramolecular Hbond substituents is 1. The van der Waals surface area contributed by atoms with Crippen molar-refractivity contribution in [3.8, 4) is 17.2 Å². The van der Waals surface area contributed by atoms with Gasteiger partial charge in [-0.3, -0.25) is 4.79 Å². The van der Waals surface area contributed by atoms with Crippen molar-refractivity contribution in [2.75, 3.05) is 54.2 Å². The monoisotopic (exact) mass is 558 g/mol. The number of ketones is 1. The maximum absolute atomic E-state index is 12.8. The minimum atomic E-state index is -0.421. The molecule has 0 spiro atoms. The van der Waals surface area contributed by atoms with Crippen molar-refractivity contribution in [2.45, 2.75) is 0 Å². The highest BCUT2D eigenvalue weighted by Crippen LogP contribution is 2.34. The molecule has 0 saturated heterocycles. The van der Waals surface area contributed by atoms with Crippen molar-refractivity contribution in [2.24, 2.45) is 0 Å². The molecule has 0 fully saturated rings. The van der Waals surface area contributed by atoms with Crippen LogP contribution in [0.3, 0.4) is 0 Å². The lowest BCUT2D eigenvalue weighted by atomic mass is 10.1. The van der Waals surface area contributed by atoms with Crippen molar-refractivity contribution < 1.29 is 38.3 Å². The Kier molecular flexibility index (Phi) is 12.1. The molecule has 0 heterocycles. The quantitative estimate of drug-likeness (QED) is 0.116. The summed E-state index contributed by atoms with van der Waals surface area (Å²) >= 11 is 2.21. The minimum absolute atomic E-state index is 0.00903. The Morgan fingerprint density at radius 3 is 2.19 bits per heavy atom. The molecule has 2 aromatic carbocycles. The van der Waals surface area contributed by atoms with E-state index in [1.807, 2.05) is 24.3 Å². The number of methoxy groups -OCH3 is 2. The van der Waals surface area contributed by atoms with Crippen LogP contribution in [0.2, 0.25) is 0 Å². The average molecular weight is 558 g/mol. The molecule has 0 atom stereocenters. The Balaban J connectivity index is 2.15. The van der Waals surface area contributed by atoms with E-state index in [9.17, 15) is 9.90 Å². The maximum Gasteiger partial charge on any atom is 0.193 e. The van der Waals surface area contributed by atoms with Gasteiger partial charge in [0.25, 0.3) is 0 Å². The van der Waals surface area contributed by atoms with Crippen LogP contribution in [-0.2, 0) is 18.9 Å². The average Bonchev–Trinajstić information content (AvgIpc) is 2.78. The van der Waals surface area contributed by atoms with E-state index in [2.05, 4.69) is 22.6 Å². The second-order valence-corrected chi connectivity index (χ2v) is 7.64. The first-order valence-corrected chi connectivity index (χ1v) is 10.9. The number of ether oxygens (including phenoxy) is 6. The summed E-state index contributed by atoms with van der Waals surface area (Å²) in [6, 6.07) is 10.5. The molecule has 32 heavy (non-hydrogen) atoms. The zero-order chi connectivity index (χ0) is 23.2. The second-order valence-electron chi connectivity index (χ2n) is 6.39. The Bertz CT molecular complexity index is 867. The van der Waals surface area contributed by atoms with Crippen LogP contribution in [0.1, 0.15) is 15.9 Å². The van der Waals surface area contributed by atoms with Crippen molar-refractivity contribution in [1.29, 1.82) is 0 Å². The second kappa shape index (κ2) is 14.8. The van der Waals surface area contributed by atoms with Crippen LogP contribution in [0, 0.1) is 3.57 Å². The van der Waals surface area contributed by atoms with Crippen LogP contribution in [0.25, 0.3) is 6.08 Å². The number of hydrogen-bond acceptors (Lipinski definition) is 8. The molecule has 2 aromatic rings. The smallest absolute Gasteiger partial charge is 0.193 e. The van der Waals surface area contributed by atoms with E-state index in [1.54, 1.807) is 20.3 Å². The molecule has 0 aliphatic rings. The van der Waals surface area contributed by atoms with Crippen LogP contribution >= 0.6 is 22.6 Å². The molecule has 174 valence electrons. The normalized spacial score (nSPS) is 11.1. The summed E-state index contributed by atoms with van der Waals surface area (Å²) in [5, 5.41) is 10.5. The van der Waals surface area contributed by atoms with Crippen molar-refractivity contribution in [1.82, 2.24) is 0 Å². The van der Waals surface area contributed by atoms with Gasteiger partial charge in [0.2, 0.25) is 0 Å². The molecule has 0 unspecified atom stereocenters. The van der Waals surface area contributed by atoms with Crippen LogP contribution in [-0.4, -0.2) is 65.1 Å². The molecule has 0 amide bonds. The number of halogens is 1. The summed E-state index contributed by atoms with van der Waals surface area (Å²) in [4.78, 5) is 12.8. The van der Waals surface area contributed by atoms with Crippen LogP contribution < -0.4 is 9.47 Å². The van der Waals surface area contributed by atoms with E-state index in [-0.39, 0.29) is 36.4 Å². The van der Waals surface area contributed by atoms with Gasteiger partial charge in [0.1, 0.15) is 22.8 Å². The molecule has 0 aliphatic heterocycles. The fourth-order valence-corrected chi connectivity index (χ4v) is 2.83. The number of carbonyl (C=O) groups is 1. The van der Waals surface area contributed by atoms with Gasteiger partial charge in [-0.15, -0.1) is 0 Å². The summed E-state index contributed by atoms with van der Waals surface area (Å²) in [6.07, 6.45) is 3.05. The zero-order valence-electron chi connectivity index (χ0n) is 18.0. The van der Waals surface area contributed by atoms with Crippen LogP contribution in [0.5, 0.6) is 17.2 Å². The standard InChI is InChI=1S/C23H27IO8/c1-27-9-11-29-15-31-19-13-21(26)23(22(14-19)32-16-30-12-10-28-2)20(25)8-5-17-3-6-18(24)7-4-17/h3-8,13-14,26H,9-12,15-16H2,1-2H3/b8-5+. The van der Waals surface area contributed by atoms with Gasteiger partial charge in [0.05, 0.1) is 26.4 Å². The van der Waals surface area contributed by atoms with Gasteiger partial charge in [0, 0.05) is 29.9 Å². The molecule has 0 aromatic heterocycles. The third-order valence-electron chi connectivity index (χ3n) is 4.07. The number of phenols is 1. The predicted octanol–water partition coefficient (Wildman–Crippen LogP) is 3.89. The maximum atomic E-state index is 12.8. The number of allylic oxidation sites excluding steroid dienone is 1. The van der Waals surface area contributed by atoms with Crippen molar-refractivity contribution in [3.63, 3.8) is 0 Å². The number of aromatic hydroxyl groups is 1. The first-order chi connectivity index (χ1) is 15.5. The fourth-order valence-electron chi connectivity index (χ4n) is 2.47. The molecule has 0 saturated carbocycles. The first-order valence-electron chi connectivity index (χ1n) is 9.79. The fraction of sp³-hybridized carbons (Fsp3) is 0.348.